The van der Waals surface area contributed by atoms with E-state index in [0.717, 1.165) is 23.1 Å². The van der Waals surface area contributed by atoms with Crippen molar-refractivity contribution >= 4 is 11.3 Å². The third kappa shape index (κ3) is 3.44. The first kappa shape index (κ1) is 16.0. The van der Waals surface area contributed by atoms with Gasteiger partial charge in [0.2, 0.25) is 0 Å². The van der Waals surface area contributed by atoms with Crippen molar-refractivity contribution in [3.8, 4) is 10.6 Å². The van der Waals surface area contributed by atoms with E-state index in [4.69, 9.17) is 0 Å². The lowest BCUT2D eigenvalue weighted by molar-refractivity contribution is 0.449. The lowest BCUT2D eigenvalue weighted by Crippen LogP contribution is -2.07. The first-order valence-electron chi connectivity index (χ1n) is 6.71. The van der Waals surface area contributed by atoms with Crippen LogP contribution in [0.3, 0.4) is 0 Å². The van der Waals surface area contributed by atoms with Crippen LogP contribution >= 0.6 is 11.3 Å². The fraction of sp³-hybridized carbons (Fsp3) is 0.400. The second-order valence-corrected chi connectivity index (χ2v) is 6.32. The first-order valence-corrected chi connectivity index (χ1v) is 7.52. The van der Waals surface area contributed by atoms with Gasteiger partial charge in [0.1, 0.15) is 5.01 Å². The van der Waals surface area contributed by atoms with Gasteiger partial charge in [-0.3, -0.25) is 0 Å². The fourth-order valence-electron chi connectivity index (χ4n) is 2.03. The Morgan fingerprint density at radius 1 is 1.19 bits per heavy atom. The molecule has 0 bridgehead atoms. The molecule has 1 aromatic carbocycles. The number of rotatable bonds is 5. The van der Waals surface area contributed by atoms with E-state index in [1.54, 1.807) is 0 Å². The highest BCUT2D eigenvalue weighted by molar-refractivity contribution is 7.15. The van der Waals surface area contributed by atoms with Crippen molar-refractivity contribution < 1.29 is 13.2 Å². The normalized spacial score (nSPS) is 11.4. The molecule has 0 spiro atoms. The minimum Gasteiger partial charge on any atom is -0.315 e. The summed E-state index contributed by atoms with van der Waals surface area (Å²) in [6.07, 6.45) is 0.763. The van der Waals surface area contributed by atoms with Crippen LogP contribution in [-0.2, 0) is 13.0 Å². The summed E-state index contributed by atoms with van der Waals surface area (Å²) in [6, 6.07) is 2.16. The predicted octanol–water partition coefficient (Wildman–Crippen LogP) is 4.15. The maximum Gasteiger partial charge on any atom is 0.195 e. The van der Waals surface area contributed by atoms with Gasteiger partial charge >= 0.3 is 0 Å². The third-order valence-corrected chi connectivity index (χ3v) is 4.11. The number of halogens is 3. The number of aromatic nitrogens is 1. The van der Waals surface area contributed by atoms with Crippen molar-refractivity contribution in [3.05, 3.63) is 40.2 Å². The van der Waals surface area contributed by atoms with Crippen LogP contribution in [0.5, 0.6) is 0 Å². The van der Waals surface area contributed by atoms with Crippen LogP contribution in [-0.4, -0.2) is 12.0 Å². The van der Waals surface area contributed by atoms with Crippen molar-refractivity contribution in [2.75, 3.05) is 7.05 Å². The lowest BCUT2D eigenvalue weighted by Gasteiger charge is -2.04. The summed E-state index contributed by atoms with van der Waals surface area (Å²) in [6.45, 7) is 4.76. The minimum absolute atomic E-state index is 0.00580. The number of nitrogens with one attached hydrogen (secondary N) is 1. The second-order valence-electron chi connectivity index (χ2n) is 5.24. The predicted molar refractivity (Wildman–Crippen MR) is 78.7 cm³/mol. The molecule has 0 saturated carbocycles. The Labute approximate surface area is 126 Å². The Bertz CT molecular complexity index is 638. The first-order chi connectivity index (χ1) is 9.93. The van der Waals surface area contributed by atoms with E-state index < -0.39 is 17.5 Å². The van der Waals surface area contributed by atoms with Crippen molar-refractivity contribution in [3.63, 3.8) is 0 Å². The van der Waals surface area contributed by atoms with Crippen LogP contribution < -0.4 is 5.32 Å². The van der Waals surface area contributed by atoms with E-state index in [1.165, 1.54) is 17.4 Å². The van der Waals surface area contributed by atoms with Crippen molar-refractivity contribution in [1.82, 2.24) is 10.3 Å². The van der Waals surface area contributed by atoms with Crippen molar-refractivity contribution in [2.24, 2.45) is 5.92 Å². The van der Waals surface area contributed by atoms with Gasteiger partial charge in [-0.25, -0.2) is 18.2 Å². The molecule has 0 radical (unpaired) electrons. The molecule has 1 heterocycles. The number of hydrogen-bond donors (Lipinski definition) is 1. The molecule has 0 aliphatic carbocycles. The Balaban J connectivity index is 2.47. The maximum atomic E-state index is 13.9. The van der Waals surface area contributed by atoms with Gasteiger partial charge in [0.15, 0.2) is 17.5 Å². The topological polar surface area (TPSA) is 24.9 Å². The summed E-state index contributed by atoms with van der Waals surface area (Å²) in [4.78, 5) is 5.41. The monoisotopic (exact) mass is 314 g/mol. The van der Waals surface area contributed by atoms with Gasteiger partial charge in [-0.1, -0.05) is 13.8 Å². The van der Waals surface area contributed by atoms with Crippen LogP contribution in [0.4, 0.5) is 13.2 Å². The molecular formula is C15H17F3N2S. The van der Waals surface area contributed by atoms with Crippen LogP contribution in [0.1, 0.15) is 24.4 Å². The largest absolute Gasteiger partial charge is 0.315 e. The zero-order valence-corrected chi connectivity index (χ0v) is 13.0. The molecule has 114 valence electrons. The second kappa shape index (κ2) is 6.58. The summed E-state index contributed by atoms with van der Waals surface area (Å²) in [7, 11) is 1.82. The molecule has 0 aliphatic heterocycles. The van der Waals surface area contributed by atoms with E-state index in [-0.39, 0.29) is 5.56 Å². The molecule has 2 aromatic rings. The van der Waals surface area contributed by atoms with E-state index in [1.807, 2.05) is 7.05 Å². The SMILES string of the molecule is CNCc1sc(-c2ccc(F)c(F)c2F)nc1CC(C)C. The van der Waals surface area contributed by atoms with Gasteiger partial charge in [0.25, 0.3) is 0 Å². The average molecular weight is 314 g/mol. The van der Waals surface area contributed by atoms with Crippen LogP contribution in [0.15, 0.2) is 12.1 Å². The van der Waals surface area contributed by atoms with E-state index in [0.29, 0.717) is 17.5 Å². The molecule has 0 aliphatic rings. The molecule has 0 atom stereocenters. The number of benzene rings is 1. The van der Waals surface area contributed by atoms with Crippen LogP contribution in [0.25, 0.3) is 10.6 Å². The highest BCUT2D eigenvalue weighted by Gasteiger charge is 2.19. The molecule has 0 amide bonds. The third-order valence-electron chi connectivity index (χ3n) is 2.98. The van der Waals surface area contributed by atoms with E-state index in [9.17, 15) is 13.2 Å². The quantitative estimate of drug-likeness (QED) is 0.839. The summed E-state index contributed by atoms with van der Waals surface area (Å²) in [5, 5.41) is 3.42. The zero-order chi connectivity index (χ0) is 15.6. The fourth-order valence-corrected chi connectivity index (χ4v) is 3.15. The van der Waals surface area contributed by atoms with Crippen molar-refractivity contribution in [2.45, 2.75) is 26.8 Å². The average Bonchev–Trinajstić information content (AvgIpc) is 2.79. The Morgan fingerprint density at radius 3 is 2.52 bits per heavy atom. The molecule has 2 nitrogen and oxygen atoms in total. The molecule has 6 heteroatoms. The summed E-state index contributed by atoms with van der Waals surface area (Å²) < 4.78 is 40.2. The van der Waals surface area contributed by atoms with Gasteiger partial charge in [-0.2, -0.15) is 0 Å². The molecule has 0 fully saturated rings. The smallest absolute Gasteiger partial charge is 0.195 e. The zero-order valence-electron chi connectivity index (χ0n) is 12.1. The van der Waals surface area contributed by atoms with Gasteiger partial charge in [-0.15, -0.1) is 11.3 Å². The van der Waals surface area contributed by atoms with Gasteiger partial charge < -0.3 is 5.32 Å². The molecular weight excluding hydrogens is 297 g/mol. The summed E-state index contributed by atoms with van der Waals surface area (Å²) in [5.41, 5.74) is 0.884. The van der Waals surface area contributed by atoms with Gasteiger partial charge in [-0.05, 0) is 31.5 Å². The molecule has 21 heavy (non-hydrogen) atoms. The van der Waals surface area contributed by atoms with Gasteiger partial charge in [0, 0.05) is 17.0 Å². The molecule has 1 aromatic heterocycles. The standard InChI is InChI=1S/C15H17F3N2S/c1-8(2)6-11-12(7-19-3)21-15(20-11)9-4-5-10(16)14(18)13(9)17/h4-5,8,19H,6-7H2,1-3H3. The maximum absolute atomic E-state index is 13.9. The lowest BCUT2D eigenvalue weighted by atomic mass is 10.1. The Hall–Kier alpha value is -1.40. The minimum atomic E-state index is -1.46. The number of nitrogens with zero attached hydrogens (tertiary/aromatic N) is 1. The Kier molecular flexibility index (Phi) is 5.00. The van der Waals surface area contributed by atoms with Crippen LogP contribution in [0.2, 0.25) is 0 Å². The molecule has 0 unspecified atom stereocenters. The van der Waals surface area contributed by atoms with Gasteiger partial charge in [0.05, 0.1) is 5.69 Å². The molecule has 2 rings (SSSR count). The number of thiazole rings is 1. The van der Waals surface area contributed by atoms with E-state index >= 15 is 0 Å². The summed E-state index contributed by atoms with van der Waals surface area (Å²) >= 11 is 1.31. The highest BCUT2D eigenvalue weighted by Crippen LogP contribution is 2.32. The summed E-state index contributed by atoms with van der Waals surface area (Å²) in [5.74, 6) is -3.42. The molecule has 0 saturated heterocycles. The highest BCUT2D eigenvalue weighted by atomic mass is 32.1. The van der Waals surface area contributed by atoms with Crippen molar-refractivity contribution in [1.29, 1.82) is 0 Å². The van der Waals surface area contributed by atoms with E-state index in [2.05, 4.69) is 24.1 Å². The van der Waals surface area contributed by atoms with Crippen LogP contribution in [0, 0.1) is 23.4 Å². The number of hydrogen-bond acceptors (Lipinski definition) is 3. The molecule has 1 N–H and O–H groups in total. The Morgan fingerprint density at radius 2 is 1.90 bits per heavy atom.